The topological polar surface area (TPSA) is 61.7 Å². The van der Waals surface area contributed by atoms with Gasteiger partial charge in [-0.15, -0.1) is 0 Å². The van der Waals surface area contributed by atoms with Gasteiger partial charge in [-0.2, -0.15) is 0 Å². The van der Waals surface area contributed by atoms with Gasteiger partial charge in [0.2, 0.25) is 0 Å². The first-order valence-electron chi connectivity index (χ1n) is 6.77. The number of hydrogen-bond donors (Lipinski definition) is 2. The number of aliphatic carboxylic acids is 1. The molecule has 2 N–H and O–H groups in total. The van der Waals surface area contributed by atoms with Crippen molar-refractivity contribution < 1.29 is 9.90 Å². The number of carbonyl (C=O) groups is 1. The number of nitrogens with one attached hydrogen (secondary N) is 1. The molecule has 3 atom stereocenters. The summed E-state index contributed by atoms with van der Waals surface area (Å²) in [4.78, 5) is 15.8. The fraction of sp³-hybridized carbons (Fsp3) is 0.467. The predicted molar refractivity (Wildman–Crippen MR) is 73.4 cm³/mol. The first-order chi connectivity index (χ1) is 9.13. The van der Waals surface area contributed by atoms with E-state index in [-0.39, 0.29) is 18.0 Å². The smallest absolute Gasteiger partial charge is 0.306 e. The Bertz CT molecular complexity index is 521. The van der Waals surface area contributed by atoms with E-state index >= 15 is 0 Å². The molecule has 1 heterocycles. The predicted octanol–water partition coefficient (Wildman–Crippen LogP) is 1.97. The highest BCUT2D eigenvalue weighted by molar-refractivity contribution is 6.00. The molecule has 3 rings (SSSR count). The van der Waals surface area contributed by atoms with Crippen LogP contribution in [0.3, 0.4) is 0 Å². The van der Waals surface area contributed by atoms with Gasteiger partial charge >= 0.3 is 5.97 Å². The highest BCUT2D eigenvalue weighted by atomic mass is 16.4. The van der Waals surface area contributed by atoms with Crippen molar-refractivity contribution in [3.05, 3.63) is 35.4 Å². The molecule has 1 saturated carbocycles. The number of benzene rings is 1. The van der Waals surface area contributed by atoms with Crippen LogP contribution in [0.2, 0.25) is 0 Å². The van der Waals surface area contributed by atoms with Crippen molar-refractivity contribution in [2.24, 2.45) is 10.9 Å². The quantitative estimate of drug-likeness (QED) is 0.852. The van der Waals surface area contributed by atoms with E-state index in [9.17, 15) is 4.79 Å². The third kappa shape index (κ3) is 2.35. The average molecular weight is 258 g/mol. The molecule has 0 saturated heterocycles. The molecule has 3 unspecified atom stereocenters. The van der Waals surface area contributed by atoms with E-state index in [4.69, 9.17) is 10.1 Å². The van der Waals surface area contributed by atoms with Crippen LogP contribution in [0.1, 0.15) is 30.4 Å². The average Bonchev–Trinajstić information content (AvgIpc) is 2.82. The molecule has 1 aliphatic carbocycles. The maximum Gasteiger partial charge on any atom is 0.306 e. The summed E-state index contributed by atoms with van der Waals surface area (Å²) in [5.41, 5.74) is 2.32. The van der Waals surface area contributed by atoms with Crippen molar-refractivity contribution in [2.75, 3.05) is 0 Å². The molecule has 0 aromatic heterocycles. The Morgan fingerprint density at radius 3 is 2.74 bits per heavy atom. The van der Waals surface area contributed by atoms with Gasteiger partial charge in [0, 0.05) is 5.56 Å². The van der Waals surface area contributed by atoms with Gasteiger partial charge in [-0.05, 0) is 26.2 Å². The minimum atomic E-state index is -0.677. The highest BCUT2D eigenvalue weighted by Crippen LogP contribution is 2.30. The molecular formula is C15H18N2O2. The summed E-state index contributed by atoms with van der Waals surface area (Å²) < 4.78 is 0. The molecule has 0 spiro atoms. The lowest BCUT2D eigenvalue weighted by atomic mass is 9.83. The summed E-state index contributed by atoms with van der Waals surface area (Å²) in [6, 6.07) is 8.70. The van der Waals surface area contributed by atoms with Gasteiger partial charge in [0.25, 0.3) is 0 Å². The number of carboxylic acids is 1. The number of aryl methyl sites for hydroxylation is 1. The van der Waals surface area contributed by atoms with Crippen LogP contribution in [-0.4, -0.2) is 29.0 Å². The molecule has 4 heteroatoms. The van der Waals surface area contributed by atoms with Crippen LogP contribution in [-0.2, 0) is 4.79 Å². The second-order valence-electron chi connectivity index (χ2n) is 5.51. The number of hydrogen-bond acceptors (Lipinski definition) is 3. The van der Waals surface area contributed by atoms with E-state index in [2.05, 4.69) is 36.5 Å². The number of aliphatic imine (C=N–C) groups is 1. The van der Waals surface area contributed by atoms with Gasteiger partial charge in [-0.3, -0.25) is 9.79 Å². The van der Waals surface area contributed by atoms with Crippen molar-refractivity contribution in [3.63, 3.8) is 0 Å². The van der Waals surface area contributed by atoms with Crippen LogP contribution in [0.25, 0.3) is 0 Å². The zero-order valence-electron chi connectivity index (χ0n) is 11.0. The molecule has 1 aliphatic heterocycles. The van der Waals surface area contributed by atoms with E-state index in [1.165, 1.54) is 5.56 Å². The van der Waals surface area contributed by atoms with E-state index < -0.39 is 5.97 Å². The van der Waals surface area contributed by atoms with Crippen LogP contribution in [0.5, 0.6) is 0 Å². The third-order valence-electron chi connectivity index (χ3n) is 4.11. The minimum Gasteiger partial charge on any atom is -0.481 e. The Morgan fingerprint density at radius 2 is 2.05 bits per heavy atom. The van der Waals surface area contributed by atoms with Gasteiger partial charge in [-0.25, -0.2) is 0 Å². The van der Waals surface area contributed by atoms with E-state index in [1.807, 2.05) is 0 Å². The zero-order valence-corrected chi connectivity index (χ0v) is 11.0. The van der Waals surface area contributed by atoms with E-state index in [0.29, 0.717) is 6.42 Å². The SMILES string of the molecule is Cc1ccc(C2=NC3CCC(C(=O)O)CC3N2)cc1. The third-order valence-corrected chi connectivity index (χ3v) is 4.11. The van der Waals surface area contributed by atoms with Crippen molar-refractivity contribution in [3.8, 4) is 0 Å². The molecule has 100 valence electrons. The molecule has 0 bridgehead atoms. The molecule has 19 heavy (non-hydrogen) atoms. The first-order valence-corrected chi connectivity index (χ1v) is 6.77. The number of fused-ring (bicyclic) bond motifs is 1. The maximum absolute atomic E-state index is 11.1. The molecule has 0 radical (unpaired) electrons. The molecular weight excluding hydrogens is 240 g/mol. The normalized spacial score (nSPS) is 29.3. The number of amidine groups is 1. The Balaban J connectivity index is 1.75. The van der Waals surface area contributed by atoms with E-state index in [0.717, 1.165) is 24.2 Å². The fourth-order valence-electron chi connectivity index (χ4n) is 2.94. The lowest BCUT2D eigenvalue weighted by Gasteiger charge is -2.28. The summed E-state index contributed by atoms with van der Waals surface area (Å²) in [6.45, 7) is 2.06. The van der Waals surface area contributed by atoms with Crippen molar-refractivity contribution in [2.45, 2.75) is 38.3 Å². The molecule has 4 nitrogen and oxygen atoms in total. The monoisotopic (exact) mass is 258 g/mol. The van der Waals surface area contributed by atoms with E-state index in [1.54, 1.807) is 0 Å². The van der Waals surface area contributed by atoms with Gasteiger partial charge in [-0.1, -0.05) is 29.8 Å². The standard InChI is InChI=1S/C15H18N2O2/c1-9-2-4-10(5-3-9)14-16-12-7-6-11(15(18)19)8-13(12)17-14/h2-5,11-13H,6-8H2,1H3,(H,16,17)(H,18,19). The van der Waals surface area contributed by atoms with Gasteiger partial charge in [0.05, 0.1) is 18.0 Å². The second kappa shape index (κ2) is 4.68. The Kier molecular flexibility index (Phi) is 3.01. The zero-order chi connectivity index (χ0) is 13.4. The van der Waals surface area contributed by atoms with Crippen LogP contribution < -0.4 is 5.32 Å². The van der Waals surface area contributed by atoms with Crippen LogP contribution in [0, 0.1) is 12.8 Å². The van der Waals surface area contributed by atoms with Crippen LogP contribution in [0.15, 0.2) is 29.3 Å². The lowest BCUT2D eigenvalue weighted by molar-refractivity contribution is -0.143. The van der Waals surface area contributed by atoms with Gasteiger partial charge in [0.15, 0.2) is 0 Å². The van der Waals surface area contributed by atoms with Gasteiger partial charge in [0.1, 0.15) is 5.84 Å². The minimum absolute atomic E-state index is 0.186. The molecule has 0 amide bonds. The fourth-order valence-corrected chi connectivity index (χ4v) is 2.94. The lowest BCUT2D eigenvalue weighted by Crippen LogP contribution is -2.41. The Labute approximate surface area is 112 Å². The largest absolute Gasteiger partial charge is 0.481 e. The Morgan fingerprint density at radius 1 is 1.32 bits per heavy atom. The Hall–Kier alpha value is -1.84. The summed E-state index contributed by atoms with van der Waals surface area (Å²) >= 11 is 0. The molecule has 1 aromatic rings. The summed E-state index contributed by atoms with van der Waals surface area (Å²) in [5.74, 6) is 0.0198. The van der Waals surface area contributed by atoms with Crippen molar-refractivity contribution in [1.82, 2.24) is 5.32 Å². The molecule has 2 aliphatic rings. The number of nitrogens with zero attached hydrogens (tertiary/aromatic N) is 1. The van der Waals surface area contributed by atoms with Crippen LogP contribution >= 0.6 is 0 Å². The molecule has 1 aromatic carbocycles. The first kappa shape index (κ1) is 12.2. The second-order valence-corrected chi connectivity index (χ2v) is 5.51. The maximum atomic E-state index is 11.1. The van der Waals surface area contributed by atoms with Crippen molar-refractivity contribution >= 4 is 11.8 Å². The highest BCUT2D eigenvalue weighted by Gasteiger charge is 2.37. The van der Waals surface area contributed by atoms with Crippen molar-refractivity contribution in [1.29, 1.82) is 0 Å². The van der Waals surface area contributed by atoms with Gasteiger partial charge < -0.3 is 10.4 Å². The summed E-state index contributed by atoms with van der Waals surface area (Å²) in [7, 11) is 0. The number of rotatable bonds is 2. The molecule has 1 fully saturated rings. The number of carboxylic acid groups (broad SMARTS) is 1. The summed E-state index contributed by atoms with van der Waals surface area (Å²) in [6.07, 6.45) is 2.28. The summed E-state index contributed by atoms with van der Waals surface area (Å²) in [5, 5.41) is 12.5. The van der Waals surface area contributed by atoms with Crippen LogP contribution in [0.4, 0.5) is 0 Å².